The van der Waals surface area contributed by atoms with Crippen molar-refractivity contribution in [2.75, 3.05) is 18.4 Å². The minimum absolute atomic E-state index is 0.108. The molecule has 0 heterocycles. The Labute approximate surface area is 124 Å². The molecule has 19 heavy (non-hydrogen) atoms. The van der Waals surface area contributed by atoms with Crippen molar-refractivity contribution in [1.82, 2.24) is 5.32 Å². The van der Waals surface area contributed by atoms with Crippen LogP contribution in [0.2, 0.25) is 0 Å². The number of anilines is 1. The lowest BCUT2D eigenvalue weighted by atomic mass is 10.1. The highest BCUT2D eigenvalue weighted by Crippen LogP contribution is 2.23. The standard InChI is InChI=1S/C15H23BrN2O/c1-11(2)6-8-18-15(19)7-9-17-14-5-4-12(3)10-13(14)16/h4-5,10-11,17H,6-9H2,1-3H3,(H,18,19). The highest BCUT2D eigenvalue weighted by atomic mass is 79.9. The van der Waals surface area contributed by atoms with Gasteiger partial charge in [0.2, 0.25) is 5.91 Å². The fraction of sp³-hybridized carbons (Fsp3) is 0.533. The predicted molar refractivity (Wildman–Crippen MR) is 84.5 cm³/mol. The molecule has 0 radical (unpaired) electrons. The van der Waals surface area contributed by atoms with Gasteiger partial charge in [0.25, 0.3) is 0 Å². The Balaban J connectivity index is 2.24. The molecule has 1 amide bonds. The van der Waals surface area contributed by atoms with E-state index in [1.54, 1.807) is 0 Å². The van der Waals surface area contributed by atoms with Gasteiger partial charge in [-0.3, -0.25) is 4.79 Å². The summed E-state index contributed by atoms with van der Waals surface area (Å²) in [6.07, 6.45) is 1.53. The highest BCUT2D eigenvalue weighted by Gasteiger charge is 2.03. The van der Waals surface area contributed by atoms with Gasteiger partial charge in [0.1, 0.15) is 0 Å². The molecule has 0 atom stereocenters. The van der Waals surface area contributed by atoms with Gasteiger partial charge in [0.15, 0.2) is 0 Å². The van der Waals surface area contributed by atoms with Crippen molar-refractivity contribution in [1.29, 1.82) is 0 Å². The van der Waals surface area contributed by atoms with E-state index in [2.05, 4.69) is 59.5 Å². The Morgan fingerprint density at radius 1 is 1.32 bits per heavy atom. The van der Waals surface area contributed by atoms with E-state index in [4.69, 9.17) is 0 Å². The van der Waals surface area contributed by atoms with Crippen LogP contribution in [0.5, 0.6) is 0 Å². The van der Waals surface area contributed by atoms with Crippen molar-refractivity contribution in [3.8, 4) is 0 Å². The number of amides is 1. The van der Waals surface area contributed by atoms with Crippen molar-refractivity contribution in [2.45, 2.75) is 33.6 Å². The van der Waals surface area contributed by atoms with Crippen LogP contribution in [0.15, 0.2) is 22.7 Å². The lowest BCUT2D eigenvalue weighted by molar-refractivity contribution is -0.120. The molecule has 1 rings (SSSR count). The van der Waals surface area contributed by atoms with E-state index >= 15 is 0 Å². The van der Waals surface area contributed by atoms with Crippen LogP contribution in [0.3, 0.4) is 0 Å². The molecule has 0 aliphatic rings. The minimum atomic E-state index is 0.108. The zero-order valence-corrected chi connectivity index (χ0v) is 13.5. The molecule has 1 aromatic carbocycles. The molecule has 4 heteroatoms. The monoisotopic (exact) mass is 326 g/mol. The molecule has 0 saturated heterocycles. The Morgan fingerprint density at radius 3 is 2.68 bits per heavy atom. The molecular formula is C15H23BrN2O. The van der Waals surface area contributed by atoms with Crippen LogP contribution in [-0.2, 0) is 4.79 Å². The fourth-order valence-corrected chi connectivity index (χ4v) is 2.30. The lowest BCUT2D eigenvalue weighted by Crippen LogP contribution is -2.27. The van der Waals surface area contributed by atoms with Crippen molar-refractivity contribution in [2.24, 2.45) is 5.92 Å². The molecule has 0 bridgehead atoms. The molecule has 0 aliphatic carbocycles. The van der Waals surface area contributed by atoms with E-state index in [9.17, 15) is 4.79 Å². The maximum absolute atomic E-state index is 11.6. The number of halogens is 1. The van der Waals surface area contributed by atoms with E-state index in [1.807, 2.05) is 6.07 Å². The molecule has 0 fully saturated rings. The molecular weight excluding hydrogens is 304 g/mol. The van der Waals surface area contributed by atoms with Crippen LogP contribution in [0.4, 0.5) is 5.69 Å². The van der Waals surface area contributed by atoms with Gasteiger partial charge in [-0.25, -0.2) is 0 Å². The van der Waals surface area contributed by atoms with Crippen molar-refractivity contribution in [3.63, 3.8) is 0 Å². The van der Waals surface area contributed by atoms with Gasteiger partial charge in [-0.2, -0.15) is 0 Å². The van der Waals surface area contributed by atoms with E-state index in [1.165, 1.54) is 5.56 Å². The van der Waals surface area contributed by atoms with Crippen LogP contribution in [0, 0.1) is 12.8 Å². The van der Waals surface area contributed by atoms with E-state index in [0.29, 0.717) is 18.9 Å². The molecule has 2 N–H and O–H groups in total. The average molecular weight is 327 g/mol. The van der Waals surface area contributed by atoms with Crippen LogP contribution in [-0.4, -0.2) is 19.0 Å². The molecule has 106 valence electrons. The van der Waals surface area contributed by atoms with Gasteiger partial charge in [-0.1, -0.05) is 19.9 Å². The second-order valence-corrected chi connectivity index (χ2v) is 6.05. The first-order valence-corrected chi connectivity index (χ1v) is 7.55. The Kier molecular flexibility index (Phi) is 6.92. The summed E-state index contributed by atoms with van der Waals surface area (Å²) in [4.78, 5) is 11.6. The smallest absolute Gasteiger partial charge is 0.221 e. The summed E-state index contributed by atoms with van der Waals surface area (Å²) < 4.78 is 1.03. The number of carbonyl (C=O) groups is 1. The Hall–Kier alpha value is -1.03. The number of hydrogen-bond donors (Lipinski definition) is 2. The Bertz CT molecular complexity index is 419. The topological polar surface area (TPSA) is 41.1 Å². The molecule has 0 unspecified atom stereocenters. The SMILES string of the molecule is Cc1ccc(NCCC(=O)NCCC(C)C)c(Br)c1. The van der Waals surface area contributed by atoms with Crippen LogP contribution < -0.4 is 10.6 Å². The molecule has 0 spiro atoms. The number of rotatable bonds is 7. The molecule has 3 nitrogen and oxygen atoms in total. The van der Waals surface area contributed by atoms with Gasteiger partial charge in [-0.05, 0) is 52.9 Å². The summed E-state index contributed by atoms with van der Waals surface area (Å²) in [5, 5.41) is 6.20. The third-order valence-electron chi connectivity index (χ3n) is 2.84. The summed E-state index contributed by atoms with van der Waals surface area (Å²) in [6, 6.07) is 6.14. The second-order valence-electron chi connectivity index (χ2n) is 5.19. The Morgan fingerprint density at radius 2 is 2.05 bits per heavy atom. The predicted octanol–water partition coefficient (Wildman–Crippen LogP) is 3.72. The molecule has 0 aliphatic heterocycles. The number of benzene rings is 1. The van der Waals surface area contributed by atoms with Gasteiger partial charge in [0.05, 0.1) is 0 Å². The van der Waals surface area contributed by atoms with Crippen molar-refractivity contribution < 1.29 is 4.79 Å². The highest BCUT2D eigenvalue weighted by molar-refractivity contribution is 9.10. The summed E-state index contributed by atoms with van der Waals surface area (Å²) >= 11 is 3.51. The van der Waals surface area contributed by atoms with Crippen molar-refractivity contribution >= 4 is 27.5 Å². The van der Waals surface area contributed by atoms with Gasteiger partial charge in [0, 0.05) is 29.7 Å². The number of nitrogens with one attached hydrogen (secondary N) is 2. The van der Waals surface area contributed by atoms with Crippen molar-refractivity contribution in [3.05, 3.63) is 28.2 Å². The summed E-state index contributed by atoms with van der Waals surface area (Å²) in [6.45, 7) is 7.78. The van der Waals surface area contributed by atoms with Gasteiger partial charge >= 0.3 is 0 Å². The summed E-state index contributed by atoms with van der Waals surface area (Å²) in [5.41, 5.74) is 2.24. The average Bonchev–Trinajstić information content (AvgIpc) is 2.31. The maximum Gasteiger partial charge on any atom is 0.221 e. The van der Waals surface area contributed by atoms with Gasteiger partial charge in [-0.15, -0.1) is 0 Å². The first-order valence-electron chi connectivity index (χ1n) is 6.75. The fourth-order valence-electron chi connectivity index (χ4n) is 1.66. The zero-order valence-electron chi connectivity index (χ0n) is 11.9. The molecule has 0 saturated carbocycles. The van der Waals surface area contributed by atoms with Crippen LogP contribution in [0.25, 0.3) is 0 Å². The molecule has 1 aromatic rings. The van der Waals surface area contributed by atoms with Crippen LogP contribution >= 0.6 is 15.9 Å². The van der Waals surface area contributed by atoms with E-state index < -0.39 is 0 Å². The third-order valence-corrected chi connectivity index (χ3v) is 3.49. The van der Waals surface area contributed by atoms with E-state index in [-0.39, 0.29) is 5.91 Å². The first-order chi connectivity index (χ1) is 8.99. The first kappa shape index (κ1) is 16.0. The number of aryl methyl sites for hydroxylation is 1. The largest absolute Gasteiger partial charge is 0.384 e. The molecule has 0 aromatic heterocycles. The lowest BCUT2D eigenvalue weighted by Gasteiger charge is -2.10. The zero-order chi connectivity index (χ0) is 14.3. The normalized spacial score (nSPS) is 10.6. The second kappa shape index (κ2) is 8.20. The van der Waals surface area contributed by atoms with Crippen LogP contribution in [0.1, 0.15) is 32.3 Å². The summed E-state index contributed by atoms with van der Waals surface area (Å²) in [7, 11) is 0. The number of carbonyl (C=O) groups excluding carboxylic acids is 1. The van der Waals surface area contributed by atoms with Gasteiger partial charge < -0.3 is 10.6 Å². The summed E-state index contributed by atoms with van der Waals surface area (Å²) in [5.74, 6) is 0.735. The number of hydrogen-bond acceptors (Lipinski definition) is 2. The third kappa shape index (κ3) is 6.62. The maximum atomic E-state index is 11.6. The quantitative estimate of drug-likeness (QED) is 0.801. The minimum Gasteiger partial charge on any atom is -0.384 e. The van der Waals surface area contributed by atoms with E-state index in [0.717, 1.165) is 23.1 Å².